The highest BCUT2D eigenvalue weighted by atomic mass is 32.2. The van der Waals surface area contributed by atoms with Crippen LogP contribution in [0.25, 0.3) is 0 Å². The Bertz CT molecular complexity index is 505. The van der Waals surface area contributed by atoms with Crippen molar-refractivity contribution in [2.24, 2.45) is 5.73 Å². The number of hydrogen-bond acceptors (Lipinski definition) is 4. The Labute approximate surface area is 114 Å². The van der Waals surface area contributed by atoms with Crippen molar-refractivity contribution in [1.82, 2.24) is 4.31 Å². The second-order valence-electron chi connectivity index (χ2n) is 4.82. The van der Waals surface area contributed by atoms with Crippen molar-refractivity contribution in [3.63, 3.8) is 0 Å². The van der Waals surface area contributed by atoms with Crippen molar-refractivity contribution in [1.29, 1.82) is 0 Å². The third-order valence-corrected chi connectivity index (χ3v) is 5.33. The molecule has 0 unspecified atom stereocenters. The van der Waals surface area contributed by atoms with Gasteiger partial charge in [0, 0.05) is 13.1 Å². The summed E-state index contributed by atoms with van der Waals surface area (Å²) in [5, 5.41) is 9.43. The molecule has 19 heavy (non-hydrogen) atoms. The van der Waals surface area contributed by atoms with Crippen LogP contribution in [-0.2, 0) is 16.4 Å². The van der Waals surface area contributed by atoms with Gasteiger partial charge in [-0.05, 0) is 43.5 Å². The molecule has 1 aliphatic rings. The molecule has 0 atom stereocenters. The van der Waals surface area contributed by atoms with E-state index in [2.05, 4.69) is 0 Å². The molecule has 106 valence electrons. The first-order chi connectivity index (χ1) is 9.04. The minimum absolute atomic E-state index is 0.310. The first-order valence-electron chi connectivity index (χ1n) is 6.51. The van der Waals surface area contributed by atoms with Crippen molar-refractivity contribution in [2.45, 2.75) is 30.3 Å². The summed E-state index contributed by atoms with van der Waals surface area (Å²) in [6, 6.07) is 6.87. The van der Waals surface area contributed by atoms with E-state index in [0.717, 1.165) is 12.0 Å². The lowest BCUT2D eigenvalue weighted by Gasteiger charge is -2.28. The van der Waals surface area contributed by atoms with E-state index >= 15 is 0 Å². The molecule has 0 spiro atoms. The van der Waals surface area contributed by atoms with E-state index in [1.807, 2.05) is 0 Å². The predicted octanol–water partition coefficient (Wildman–Crippen LogP) is 0.333. The van der Waals surface area contributed by atoms with Crippen LogP contribution in [-0.4, -0.2) is 43.6 Å². The number of hydrogen-bond donors (Lipinski definition) is 2. The average molecular weight is 284 g/mol. The fourth-order valence-electron chi connectivity index (χ4n) is 2.23. The van der Waals surface area contributed by atoms with Crippen molar-refractivity contribution in [3.8, 4) is 0 Å². The van der Waals surface area contributed by atoms with E-state index in [1.165, 1.54) is 4.31 Å². The van der Waals surface area contributed by atoms with Gasteiger partial charge >= 0.3 is 0 Å². The lowest BCUT2D eigenvalue weighted by Crippen LogP contribution is -2.39. The van der Waals surface area contributed by atoms with Crippen LogP contribution < -0.4 is 5.73 Å². The summed E-state index contributed by atoms with van der Waals surface area (Å²) in [6.45, 7) is 1.32. The molecule has 0 aromatic heterocycles. The second-order valence-corrected chi connectivity index (χ2v) is 6.76. The normalized spacial score (nSPS) is 18.6. The summed E-state index contributed by atoms with van der Waals surface area (Å²) in [4.78, 5) is 0.310. The van der Waals surface area contributed by atoms with Gasteiger partial charge in [0.05, 0.1) is 11.0 Å². The monoisotopic (exact) mass is 284 g/mol. The van der Waals surface area contributed by atoms with Gasteiger partial charge in [-0.25, -0.2) is 8.42 Å². The van der Waals surface area contributed by atoms with Crippen LogP contribution in [0, 0.1) is 0 Å². The Morgan fingerprint density at radius 2 is 1.79 bits per heavy atom. The van der Waals surface area contributed by atoms with Gasteiger partial charge in [-0.2, -0.15) is 4.31 Å². The number of aliphatic hydroxyl groups is 1. The molecule has 1 aliphatic heterocycles. The largest absolute Gasteiger partial charge is 0.393 e. The first-order valence-corrected chi connectivity index (χ1v) is 7.95. The fourth-order valence-corrected chi connectivity index (χ4v) is 3.70. The maximum Gasteiger partial charge on any atom is 0.243 e. The van der Waals surface area contributed by atoms with Gasteiger partial charge in [0.15, 0.2) is 0 Å². The molecule has 5 nitrogen and oxygen atoms in total. The van der Waals surface area contributed by atoms with Crippen molar-refractivity contribution < 1.29 is 13.5 Å². The number of piperidine rings is 1. The Balaban J connectivity index is 2.15. The topological polar surface area (TPSA) is 83.6 Å². The fraction of sp³-hybridized carbons (Fsp3) is 0.538. The molecule has 1 saturated heterocycles. The number of aliphatic hydroxyl groups excluding tert-OH is 1. The van der Waals surface area contributed by atoms with Crippen LogP contribution >= 0.6 is 0 Å². The third kappa shape index (κ3) is 3.33. The number of benzene rings is 1. The molecule has 0 saturated carbocycles. The van der Waals surface area contributed by atoms with Gasteiger partial charge in [-0.15, -0.1) is 0 Å². The van der Waals surface area contributed by atoms with Gasteiger partial charge < -0.3 is 10.8 Å². The zero-order valence-electron chi connectivity index (χ0n) is 10.8. The maximum atomic E-state index is 12.4. The van der Waals surface area contributed by atoms with E-state index < -0.39 is 10.0 Å². The number of nitrogens with two attached hydrogens (primary N) is 1. The van der Waals surface area contributed by atoms with Crippen molar-refractivity contribution in [2.75, 3.05) is 19.6 Å². The zero-order valence-corrected chi connectivity index (χ0v) is 11.6. The molecular weight excluding hydrogens is 264 g/mol. The maximum absolute atomic E-state index is 12.4. The predicted molar refractivity (Wildman–Crippen MR) is 73.2 cm³/mol. The summed E-state index contributed by atoms with van der Waals surface area (Å²) >= 11 is 0. The Morgan fingerprint density at radius 1 is 1.21 bits per heavy atom. The molecule has 0 aliphatic carbocycles. The highest BCUT2D eigenvalue weighted by molar-refractivity contribution is 7.89. The lowest BCUT2D eigenvalue weighted by atomic mass is 10.1. The molecule has 0 radical (unpaired) electrons. The van der Waals surface area contributed by atoms with E-state index in [0.29, 0.717) is 37.4 Å². The quantitative estimate of drug-likeness (QED) is 0.835. The van der Waals surface area contributed by atoms with Gasteiger partial charge in [-0.1, -0.05) is 12.1 Å². The number of sulfonamides is 1. The minimum Gasteiger partial charge on any atom is -0.393 e. The zero-order chi connectivity index (χ0) is 13.9. The van der Waals surface area contributed by atoms with Crippen LogP contribution in [0.15, 0.2) is 29.2 Å². The Kier molecular flexibility index (Phi) is 4.57. The first kappa shape index (κ1) is 14.5. The second kappa shape index (κ2) is 6.00. The molecule has 1 aromatic carbocycles. The van der Waals surface area contributed by atoms with Gasteiger partial charge in [0.25, 0.3) is 0 Å². The third-order valence-electron chi connectivity index (χ3n) is 3.42. The summed E-state index contributed by atoms with van der Waals surface area (Å²) < 4.78 is 26.2. The van der Waals surface area contributed by atoms with Crippen LogP contribution in [0.4, 0.5) is 0 Å². The Morgan fingerprint density at radius 3 is 2.32 bits per heavy atom. The van der Waals surface area contributed by atoms with Gasteiger partial charge in [0.1, 0.15) is 0 Å². The molecular formula is C13H20N2O3S. The molecule has 0 bridgehead atoms. The Hall–Kier alpha value is -0.950. The molecule has 1 heterocycles. The van der Waals surface area contributed by atoms with E-state index in [9.17, 15) is 13.5 Å². The molecule has 1 aromatic rings. The lowest BCUT2D eigenvalue weighted by molar-refractivity contribution is 0.113. The number of rotatable bonds is 4. The molecule has 2 rings (SSSR count). The molecule has 3 N–H and O–H groups in total. The van der Waals surface area contributed by atoms with E-state index in [1.54, 1.807) is 24.3 Å². The van der Waals surface area contributed by atoms with Crippen LogP contribution in [0.3, 0.4) is 0 Å². The molecule has 1 fully saturated rings. The van der Waals surface area contributed by atoms with E-state index in [4.69, 9.17) is 5.73 Å². The minimum atomic E-state index is -3.43. The van der Waals surface area contributed by atoms with Crippen LogP contribution in [0.1, 0.15) is 18.4 Å². The standard InChI is InChI=1S/C13H20N2O3S/c14-8-5-11-1-3-13(4-2-11)19(17,18)15-9-6-12(16)7-10-15/h1-4,12,16H,5-10,14H2. The summed E-state index contributed by atoms with van der Waals surface area (Å²) in [7, 11) is -3.43. The van der Waals surface area contributed by atoms with Crippen molar-refractivity contribution >= 4 is 10.0 Å². The summed E-state index contributed by atoms with van der Waals surface area (Å²) in [6.07, 6.45) is 1.38. The van der Waals surface area contributed by atoms with Gasteiger partial charge in [0.2, 0.25) is 10.0 Å². The highest BCUT2D eigenvalue weighted by Gasteiger charge is 2.28. The van der Waals surface area contributed by atoms with E-state index in [-0.39, 0.29) is 6.10 Å². The van der Waals surface area contributed by atoms with Crippen LogP contribution in [0.2, 0.25) is 0 Å². The number of nitrogens with zero attached hydrogens (tertiary/aromatic N) is 1. The average Bonchev–Trinajstić information content (AvgIpc) is 2.40. The van der Waals surface area contributed by atoms with Gasteiger partial charge in [-0.3, -0.25) is 0 Å². The highest BCUT2D eigenvalue weighted by Crippen LogP contribution is 2.21. The van der Waals surface area contributed by atoms with Crippen molar-refractivity contribution in [3.05, 3.63) is 29.8 Å². The summed E-state index contributed by atoms with van der Waals surface area (Å²) in [5.74, 6) is 0. The summed E-state index contributed by atoms with van der Waals surface area (Å²) in [5.41, 5.74) is 6.50. The molecule has 0 amide bonds. The smallest absolute Gasteiger partial charge is 0.243 e. The molecule has 6 heteroatoms. The SMILES string of the molecule is NCCc1ccc(S(=O)(=O)N2CCC(O)CC2)cc1. The van der Waals surface area contributed by atoms with Crippen LogP contribution in [0.5, 0.6) is 0 Å².